The largest absolute Gasteiger partial charge is 0.493 e. The summed E-state index contributed by atoms with van der Waals surface area (Å²) in [4.78, 5) is 25.9. The van der Waals surface area contributed by atoms with Gasteiger partial charge in [0.15, 0.2) is 0 Å². The summed E-state index contributed by atoms with van der Waals surface area (Å²) in [6.07, 6.45) is 1.77. The van der Waals surface area contributed by atoms with Crippen molar-refractivity contribution in [2.45, 2.75) is 13.8 Å². The van der Waals surface area contributed by atoms with Gasteiger partial charge >= 0.3 is 0 Å². The van der Waals surface area contributed by atoms with E-state index in [0.717, 1.165) is 33.8 Å². The third-order valence-electron chi connectivity index (χ3n) is 3.70. The fraction of sp³-hybridized carbons (Fsp3) is 0.222. The van der Waals surface area contributed by atoms with E-state index in [2.05, 4.69) is 0 Å². The van der Waals surface area contributed by atoms with Crippen LogP contribution in [0.1, 0.15) is 19.4 Å². The Morgan fingerprint density at radius 2 is 1.91 bits per heavy atom. The summed E-state index contributed by atoms with van der Waals surface area (Å²) in [6, 6.07) is 11.8. The second-order valence-corrected chi connectivity index (χ2v) is 6.05. The van der Waals surface area contributed by atoms with Gasteiger partial charge in [-0.15, -0.1) is 0 Å². The lowest BCUT2D eigenvalue weighted by Gasteiger charge is -2.11. The van der Waals surface area contributed by atoms with Crippen molar-refractivity contribution in [1.82, 2.24) is 4.90 Å². The first kappa shape index (κ1) is 15.6. The number of ether oxygens (including phenoxy) is 1. The molecule has 0 aromatic heterocycles. The van der Waals surface area contributed by atoms with Crippen LogP contribution in [-0.4, -0.2) is 29.2 Å². The van der Waals surface area contributed by atoms with Gasteiger partial charge in [-0.25, -0.2) is 0 Å². The van der Waals surface area contributed by atoms with Crippen molar-refractivity contribution in [2.75, 3.05) is 13.2 Å². The number of carbonyl (C=O) groups is 2. The second-order valence-electron chi connectivity index (χ2n) is 5.06. The smallest absolute Gasteiger partial charge is 0.293 e. The fourth-order valence-corrected chi connectivity index (χ4v) is 3.49. The molecule has 3 rings (SSSR count). The summed E-state index contributed by atoms with van der Waals surface area (Å²) in [6.45, 7) is 4.64. The molecule has 0 aliphatic carbocycles. The van der Waals surface area contributed by atoms with Crippen LogP contribution in [0.3, 0.4) is 0 Å². The van der Waals surface area contributed by atoms with Crippen molar-refractivity contribution >= 4 is 39.8 Å². The molecule has 1 aliphatic heterocycles. The summed E-state index contributed by atoms with van der Waals surface area (Å²) in [5, 5.41) is 1.85. The predicted molar refractivity (Wildman–Crippen MR) is 93.5 cm³/mol. The molecule has 0 unspecified atom stereocenters. The normalized spacial score (nSPS) is 16.6. The number of amides is 2. The lowest BCUT2D eigenvalue weighted by molar-refractivity contribution is -0.122. The molecule has 23 heavy (non-hydrogen) atoms. The van der Waals surface area contributed by atoms with Crippen molar-refractivity contribution in [2.24, 2.45) is 0 Å². The molecule has 4 nitrogen and oxygen atoms in total. The summed E-state index contributed by atoms with van der Waals surface area (Å²) < 4.78 is 5.71. The Hall–Kier alpha value is -2.27. The number of likely N-dealkylation sites (N-methyl/N-ethyl adjacent to an activating group) is 1. The van der Waals surface area contributed by atoms with E-state index in [1.165, 1.54) is 4.90 Å². The van der Waals surface area contributed by atoms with Gasteiger partial charge in [0, 0.05) is 12.1 Å². The molecule has 2 amide bonds. The molecule has 0 N–H and O–H groups in total. The Bertz CT molecular complexity index is 813. The molecule has 1 aliphatic rings. The Labute approximate surface area is 139 Å². The Balaban J connectivity index is 2.15. The van der Waals surface area contributed by atoms with Gasteiger partial charge in [0.25, 0.3) is 11.1 Å². The molecule has 2 aromatic rings. The van der Waals surface area contributed by atoms with Gasteiger partial charge in [-0.1, -0.05) is 30.3 Å². The Morgan fingerprint density at radius 3 is 2.61 bits per heavy atom. The number of hydrogen-bond donors (Lipinski definition) is 0. The standard InChI is InChI=1S/C18H17NO3S/c1-3-19-17(20)16(23-18(19)21)11-14-13-8-6-5-7-12(13)9-10-15(14)22-4-2/h5-11H,3-4H2,1-2H3/b16-11+. The highest BCUT2D eigenvalue weighted by Crippen LogP contribution is 2.36. The highest BCUT2D eigenvalue weighted by atomic mass is 32.2. The molecule has 5 heteroatoms. The molecular formula is C18H17NO3S. The van der Waals surface area contributed by atoms with Gasteiger partial charge in [0.05, 0.1) is 11.5 Å². The molecule has 1 fully saturated rings. The van der Waals surface area contributed by atoms with Crippen LogP contribution in [0.2, 0.25) is 0 Å². The zero-order chi connectivity index (χ0) is 16.4. The topological polar surface area (TPSA) is 46.6 Å². The first-order valence-electron chi connectivity index (χ1n) is 7.55. The number of imide groups is 1. The van der Waals surface area contributed by atoms with Gasteiger partial charge in [-0.2, -0.15) is 0 Å². The quantitative estimate of drug-likeness (QED) is 0.786. The van der Waals surface area contributed by atoms with Crippen molar-refractivity contribution in [3.8, 4) is 5.75 Å². The summed E-state index contributed by atoms with van der Waals surface area (Å²) in [5.41, 5.74) is 0.839. The van der Waals surface area contributed by atoms with Crippen LogP contribution in [0.4, 0.5) is 4.79 Å². The van der Waals surface area contributed by atoms with Crippen molar-refractivity contribution in [3.63, 3.8) is 0 Å². The molecule has 0 radical (unpaired) electrons. The minimum Gasteiger partial charge on any atom is -0.493 e. The highest BCUT2D eigenvalue weighted by Gasteiger charge is 2.34. The third-order valence-corrected chi connectivity index (χ3v) is 4.60. The fourth-order valence-electron chi connectivity index (χ4n) is 2.61. The van der Waals surface area contributed by atoms with E-state index in [1.54, 1.807) is 13.0 Å². The summed E-state index contributed by atoms with van der Waals surface area (Å²) in [5.74, 6) is 0.479. The third kappa shape index (κ3) is 2.84. The maximum Gasteiger partial charge on any atom is 0.293 e. The van der Waals surface area contributed by atoms with Crippen LogP contribution in [-0.2, 0) is 4.79 Å². The number of fused-ring (bicyclic) bond motifs is 1. The molecule has 0 spiro atoms. The Morgan fingerprint density at radius 1 is 1.13 bits per heavy atom. The molecule has 1 heterocycles. The first-order chi connectivity index (χ1) is 11.2. The van der Waals surface area contributed by atoms with Gasteiger partial charge < -0.3 is 4.74 Å². The molecule has 1 saturated heterocycles. The van der Waals surface area contributed by atoms with Crippen LogP contribution in [0.25, 0.3) is 16.8 Å². The number of rotatable bonds is 4. The molecule has 0 atom stereocenters. The maximum atomic E-state index is 12.3. The van der Waals surface area contributed by atoms with E-state index in [4.69, 9.17) is 4.74 Å². The van der Waals surface area contributed by atoms with Crippen LogP contribution >= 0.6 is 11.8 Å². The van der Waals surface area contributed by atoms with Crippen molar-refractivity contribution in [3.05, 3.63) is 46.9 Å². The zero-order valence-corrected chi connectivity index (χ0v) is 13.9. The maximum absolute atomic E-state index is 12.3. The number of thioether (sulfide) groups is 1. The molecule has 118 valence electrons. The minimum absolute atomic E-state index is 0.220. The molecule has 2 aromatic carbocycles. The number of nitrogens with zero attached hydrogens (tertiary/aromatic N) is 1. The van der Waals surface area contributed by atoms with Crippen LogP contribution in [0.5, 0.6) is 5.75 Å². The van der Waals surface area contributed by atoms with Crippen LogP contribution < -0.4 is 4.74 Å². The second kappa shape index (κ2) is 6.46. The summed E-state index contributed by atoms with van der Waals surface area (Å²) >= 11 is 0.980. The van der Waals surface area contributed by atoms with E-state index in [0.29, 0.717) is 18.1 Å². The van der Waals surface area contributed by atoms with Gasteiger partial charge in [0.1, 0.15) is 5.75 Å². The van der Waals surface area contributed by atoms with E-state index in [1.807, 2.05) is 43.3 Å². The predicted octanol–water partition coefficient (Wildman–Crippen LogP) is 4.29. The van der Waals surface area contributed by atoms with Crippen LogP contribution in [0, 0.1) is 0 Å². The zero-order valence-electron chi connectivity index (χ0n) is 13.0. The van der Waals surface area contributed by atoms with Gasteiger partial charge in [-0.05, 0) is 48.5 Å². The number of carbonyl (C=O) groups excluding carboxylic acids is 2. The minimum atomic E-state index is -0.238. The highest BCUT2D eigenvalue weighted by molar-refractivity contribution is 8.18. The average Bonchev–Trinajstić information content (AvgIpc) is 2.83. The SMILES string of the molecule is CCOc1ccc2ccccc2c1/C=C1/SC(=O)N(CC)C1=O. The lowest BCUT2D eigenvalue weighted by atomic mass is 10.0. The first-order valence-corrected chi connectivity index (χ1v) is 8.37. The van der Waals surface area contributed by atoms with Crippen LogP contribution in [0.15, 0.2) is 41.3 Å². The van der Waals surface area contributed by atoms with E-state index < -0.39 is 0 Å². The van der Waals surface area contributed by atoms with Gasteiger partial charge in [0.2, 0.25) is 0 Å². The van der Waals surface area contributed by atoms with E-state index in [9.17, 15) is 9.59 Å². The van der Waals surface area contributed by atoms with Crippen molar-refractivity contribution in [1.29, 1.82) is 0 Å². The lowest BCUT2D eigenvalue weighted by Crippen LogP contribution is -2.27. The van der Waals surface area contributed by atoms with Gasteiger partial charge in [-0.3, -0.25) is 14.5 Å². The average molecular weight is 327 g/mol. The number of hydrogen-bond acceptors (Lipinski definition) is 4. The van der Waals surface area contributed by atoms with E-state index >= 15 is 0 Å². The molecule has 0 bridgehead atoms. The van der Waals surface area contributed by atoms with Crippen molar-refractivity contribution < 1.29 is 14.3 Å². The molecular weight excluding hydrogens is 310 g/mol. The van der Waals surface area contributed by atoms with E-state index in [-0.39, 0.29) is 11.1 Å². The summed E-state index contributed by atoms with van der Waals surface area (Å²) in [7, 11) is 0. The molecule has 0 saturated carbocycles. The monoisotopic (exact) mass is 327 g/mol. The number of benzene rings is 2. The Kier molecular flexibility index (Phi) is 4.39.